The van der Waals surface area contributed by atoms with Crippen molar-refractivity contribution in [1.82, 2.24) is 24.8 Å². The van der Waals surface area contributed by atoms with E-state index in [-0.39, 0.29) is 0 Å². The molecule has 0 atom stereocenters. The van der Waals surface area contributed by atoms with Crippen molar-refractivity contribution >= 4 is 5.65 Å². The molecule has 5 nitrogen and oxygen atoms in total. The van der Waals surface area contributed by atoms with Gasteiger partial charge in [0.15, 0.2) is 5.65 Å². The Morgan fingerprint density at radius 3 is 2.95 bits per heavy atom. The minimum Gasteiger partial charge on any atom is -0.313 e. The summed E-state index contributed by atoms with van der Waals surface area (Å²) in [5, 5.41) is 7.82. The van der Waals surface area contributed by atoms with Gasteiger partial charge in [0.25, 0.3) is 0 Å². The molecular weight excluding hydrogens is 238 g/mol. The molecule has 0 aliphatic rings. The molecule has 0 aliphatic heterocycles. The molecule has 0 unspecified atom stereocenters. The third-order valence-corrected chi connectivity index (χ3v) is 3.03. The Kier molecular flexibility index (Phi) is 4.87. The molecule has 0 fully saturated rings. The molecule has 2 heterocycles. The molecule has 0 spiro atoms. The minimum absolute atomic E-state index is 0.851. The summed E-state index contributed by atoms with van der Waals surface area (Å²) in [7, 11) is 4.22. The predicted molar refractivity (Wildman–Crippen MR) is 77.2 cm³/mol. The quantitative estimate of drug-likeness (QED) is 0.767. The lowest BCUT2D eigenvalue weighted by molar-refractivity contribution is 0.391. The highest BCUT2D eigenvalue weighted by atomic mass is 15.2. The Morgan fingerprint density at radius 1 is 1.32 bits per heavy atom. The number of aryl methyl sites for hydroxylation is 1. The fraction of sp³-hybridized carbons (Fsp3) is 0.571. The Morgan fingerprint density at radius 2 is 2.16 bits per heavy atom. The number of unbranched alkanes of at least 4 members (excludes halogenated alkanes) is 1. The van der Waals surface area contributed by atoms with E-state index >= 15 is 0 Å². The zero-order chi connectivity index (χ0) is 13.7. The van der Waals surface area contributed by atoms with Gasteiger partial charge in [-0.2, -0.15) is 5.10 Å². The molecule has 2 rings (SSSR count). The van der Waals surface area contributed by atoms with Crippen molar-refractivity contribution in [3.8, 4) is 0 Å². The van der Waals surface area contributed by atoms with E-state index in [9.17, 15) is 0 Å². The second kappa shape index (κ2) is 6.63. The van der Waals surface area contributed by atoms with Crippen molar-refractivity contribution in [2.45, 2.75) is 26.3 Å². The van der Waals surface area contributed by atoms with Crippen LogP contribution in [0.3, 0.4) is 0 Å². The van der Waals surface area contributed by atoms with Crippen LogP contribution in [0, 0.1) is 6.92 Å². The van der Waals surface area contributed by atoms with Crippen LogP contribution in [0.1, 0.15) is 24.1 Å². The molecule has 0 amide bonds. The standard InChI is InChI=1S/C14H23N5/c1-12-8-14-16-10-13(11-19(14)17-12)9-15-6-4-5-7-18(2)3/h8,10-11,15H,4-7,9H2,1-3H3. The van der Waals surface area contributed by atoms with Gasteiger partial charge in [0.1, 0.15) is 0 Å². The average Bonchev–Trinajstić information content (AvgIpc) is 2.72. The van der Waals surface area contributed by atoms with Crippen LogP contribution in [-0.2, 0) is 6.54 Å². The lowest BCUT2D eigenvalue weighted by Crippen LogP contribution is -2.18. The van der Waals surface area contributed by atoms with E-state index in [4.69, 9.17) is 0 Å². The van der Waals surface area contributed by atoms with Crippen molar-refractivity contribution < 1.29 is 0 Å². The van der Waals surface area contributed by atoms with Gasteiger partial charge in [0, 0.05) is 30.6 Å². The summed E-state index contributed by atoms with van der Waals surface area (Å²) in [5.41, 5.74) is 3.08. The average molecular weight is 261 g/mol. The van der Waals surface area contributed by atoms with Gasteiger partial charge in [-0.3, -0.25) is 0 Å². The first kappa shape index (κ1) is 14.0. The van der Waals surface area contributed by atoms with Gasteiger partial charge in [-0.05, 0) is 47.0 Å². The molecule has 2 aromatic heterocycles. The highest BCUT2D eigenvalue weighted by Crippen LogP contribution is 2.04. The maximum Gasteiger partial charge on any atom is 0.155 e. The molecule has 0 radical (unpaired) electrons. The maximum atomic E-state index is 4.39. The second-order valence-corrected chi connectivity index (χ2v) is 5.24. The first-order valence-corrected chi connectivity index (χ1v) is 6.81. The molecule has 0 saturated carbocycles. The first-order valence-electron chi connectivity index (χ1n) is 6.81. The topological polar surface area (TPSA) is 45.5 Å². The largest absolute Gasteiger partial charge is 0.313 e. The Balaban J connectivity index is 1.75. The molecule has 104 valence electrons. The van der Waals surface area contributed by atoms with E-state index in [1.165, 1.54) is 18.4 Å². The van der Waals surface area contributed by atoms with E-state index < -0.39 is 0 Å². The monoisotopic (exact) mass is 261 g/mol. The number of aromatic nitrogens is 3. The smallest absolute Gasteiger partial charge is 0.155 e. The number of hydrogen-bond donors (Lipinski definition) is 1. The fourth-order valence-corrected chi connectivity index (χ4v) is 2.04. The zero-order valence-electron chi connectivity index (χ0n) is 12.1. The van der Waals surface area contributed by atoms with Gasteiger partial charge in [0.05, 0.1) is 5.69 Å². The van der Waals surface area contributed by atoms with Gasteiger partial charge >= 0.3 is 0 Å². The SMILES string of the molecule is Cc1cc2ncc(CNCCCCN(C)C)cn2n1. The van der Waals surface area contributed by atoms with Gasteiger partial charge in [-0.1, -0.05) is 0 Å². The van der Waals surface area contributed by atoms with Crippen LogP contribution in [0.15, 0.2) is 18.5 Å². The van der Waals surface area contributed by atoms with Crippen LogP contribution in [0.5, 0.6) is 0 Å². The van der Waals surface area contributed by atoms with Crippen LogP contribution in [0.25, 0.3) is 5.65 Å². The van der Waals surface area contributed by atoms with E-state index in [2.05, 4.69) is 34.4 Å². The van der Waals surface area contributed by atoms with Crippen LogP contribution >= 0.6 is 0 Å². The summed E-state index contributed by atoms with van der Waals surface area (Å²) in [6, 6.07) is 1.98. The second-order valence-electron chi connectivity index (χ2n) is 5.24. The van der Waals surface area contributed by atoms with Crippen molar-refractivity contribution in [1.29, 1.82) is 0 Å². The highest BCUT2D eigenvalue weighted by molar-refractivity contribution is 5.38. The third kappa shape index (κ3) is 4.29. The number of fused-ring (bicyclic) bond motifs is 1. The van der Waals surface area contributed by atoms with Crippen LogP contribution in [0.2, 0.25) is 0 Å². The van der Waals surface area contributed by atoms with Crippen molar-refractivity contribution in [3.63, 3.8) is 0 Å². The number of nitrogens with zero attached hydrogens (tertiary/aromatic N) is 4. The van der Waals surface area contributed by atoms with Gasteiger partial charge in [-0.25, -0.2) is 9.50 Å². The molecule has 19 heavy (non-hydrogen) atoms. The lowest BCUT2D eigenvalue weighted by Gasteiger charge is -2.09. The van der Waals surface area contributed by atoms with Crippen LogP contribution in [-0.4, -0.2) is 46.7 Å². The molecule has 5 heteroatoms. The molecule has 0 aromatic carbocycles. The molecule has 0 saturated heterocycles. The number of hydrogen-bond acceptors (Lipinski definition) is 4. The van der Waals surface area contributed by atoms with E-state index in [1.807, 2.05) is 29.9 Å². The molecular formula is C14H23N5. The third-order valence-electron chi connectivity index (χ3n) is 3.03. The summed E-state index contributed by atoms with van der Waals surface area (Å²) >= 11 is 0. The van der Waals surface area contributed by atoms with Gasteiger partial charge < -0.3 is 10.2 Å². The van der Waals surface area contributed by atoms with Crippen molar-refractivity contribution in [2.24, 2.45) is 0 Å². The Labute approximate surface area is 114 Å². The first-order chi connectivity index (χ1) is 9.15. The Bertz CT molecular complexity index is 518. The van der Waals surface area contributed by atoms with E-state index in [1.54, 1.807) is 0 Å². The zero-order valence-corrected chi connectivity index (χ0v) is 12.1. The normalized spacial score (nSPS) is 11.6. The van der Waals surface area contributed by atoms with Crippen molar-refractivity contribution in [3.05, 3.63) is 29.7 Å². The summed E-state index contributed by atoms with van der Waals surface area (Å²) in [6.07, 6.45) is 6.40. The highest BCUT2D eigenvalue weighted by Gasteiger charge is 2.00. The Hall–Kier alpha value is -1.46. The minimum atomic E-state index is 0.851. The number of rotatable bonds is 7. The molecule has 0 aliphatic carbocycles. The molecule has 2 aromatic rings. The summed E-state index contributed by atoms with van der Waals surface area (Å²) < 4.78 is 1.85. The van der Waals surface area contributed by atoms with Crippen LogP contribution in [0.4, 0.5) is 0 Å². The predicted octanol–water partition coefficient (Wildman–Crippen LogP) is 1.47. The fourth-order valence-electron chi connectivity index (χ4n) is 2.04. The summed E-state index contributed by atoms with van der Waals surface area (Å²) in [4.78, 5) is 6.61. The van der Waals surface area contributed by atoms with E-state index in [0.29, 0.717) is 0 Å². The van der Waals surface area contributed by atoms with Gasteiger partial charge in [-0.15, -0.1) is 0 Å². The van der Waals surface area contributed by atoms with E-state index in [0.717, 1.165) is 31.0 Å². The number of nitrogens with one attached hydrogen (secondary N) is 1. The van der Waals surface area contributed by atoms with Crippen molar-refractivity contribution in [2.75, 3.05) is 27.2 Å². The van der Waals surface area contributed by atoms with Crippen LogP contribution < -0.4 is 5.32 Å². The molecule has 1 N–H and O–H groups in total. The summed E-state index contributed by atoms with van der Waals surface area (Å²) in [5.74, 6) is 0. The lowest BCUT2D eigenvalue weighted by atomic mass is 10.3. The van der Waals surface area contributed by atoms with Gasteiger partial charge in [0.2, 0.25) is 0 Å². The summed E-state index contributed by atoms with van der Waals surface area (Å²) in [6.45, 7) is 5.03. The maximum absolute atomic E-state index is 4.39. The molecule has 0 bridgehead atoms.